The highest BCUT2D eigenvalue weighted by Crippen LogP contribution is 2.40. The molecule has 52 heavy (non-hydrogen) atoms. The number of benzene rings is 2. The number of imide groups is 1. The highest BCUT2D eigenvalue weighted by molar-refractivity contribution is 7.15. The molecule has 3 aliphatic heterocycles. The standard InChI is InChI=1S/C39H37N7O5S/c1-24(16-33-29-10-6-7-11-30(29)38(49)46(33)28-18-36(47)41-37(48)19-28)51-15-14-44-21-27(20-40-44)12-13-34-31(17-26-8-4-3-5-9-26)32-22-50-23-35-43-42-25(2)45(35)39(32)52-34/h3-11,20-21,24,28,33H,14-19,22-23H2,1-2H3,(H,41,47,48). The van der Waals surface area contributed by atoms with Crippen LogP contribution in [0.3, 0.4) is 0 Å². The second-order valence-corrected chi connectivity index (χ2v) is 14.4. The molecule has 3 aliphatic rings. The molecule has 0 bridgehead atoms. The summed E-state index contributed by atoms with van der Waals surface area (Å²) in [5.74, 6) is 7.52. The lowest BCUT2D eigenvalue weighted by atomic mass is 9.97. The van der Waals surface area contributed by atoms with Gasteiger partial charge in [-0.1, -0.05) is 60.4 Å². The maximum Gasteiger partial charge on any atom is 0.255 e. The highest BCUT2D eigenvalue weighted by atomic mass is 32.1. The van der Waals surface area contributed by atoms with E-state index in [0.29, 0.717) is 38.3 Å². The summed E-state index contributed by atoms with van der Waals surface area (Å²) >= 11 is 1.64. The van der Waals surface area contributed by atoms with Gasteiger partial charge in [0.05, 0.1) is 54.6 Å². The summed E-state index contributed by atoms with van der Waals surface area (Å²) < 4.78 is 16.2. The van der Waals surface area contributed by atoms with E-state index < -0.39 is 6.04 Å². The number of ether oxygens (including phenoxy) is 2. The molecule has 3 aromatic heterocycles. The molecule has 12 nitrogen and oxygen atoms in total. The van der Waals surface area contributed by atoms with Crippen LogP contribution in [0.5, 0.6) is 0 Å². The van der Waals surface area contributed by atoms with Crippen molar-refractivity contribution in [2.75, 3.05) is 6.61 Å². The third-order valence-electron chi connectivity index (χ3n) is 9.76. The molecular formula is C39H37N7O5S. The molecule has 2 aromatic carbocycles. The molecule has 1 saturated heterocycles. The number of rotatable bonds is 9. The summed E-state index contributed by atoms with van der Waals surface area (Å²) in [4.78, 5) is 40.6. The fraction of sp³-hybridized carbons (Fsp3) is 0.333. The van der Waals surface area contributed by atoms with E-state index in [2.05, 4.69) is 49.2 Å². The van der Waals surface area contributed by atoms with Crippen molar-refractivity contribution in [3.63, 3.8) is 0 Å². The quantitative estimate of drug-likeness (QED) is 0.172. The van der Waals surface area contributed by atoms with Crippen molar-refractivity contribution in [1.29, 1.82) is 0 Å². The monoisotopic (exact) mass is 715 g/mol. The topological polar surface area (TPSA) is 133 Å². The van der Waals surface area contributed by atoms with Gasteiger partial charge in [0.1, 0.15) is 17.4 Å². The number of piperidine rings is 1. The molecule has 5 aromatic rings. The van der Waals surface area contributed by atoms with Crippen LogP contribution in [0, 0.1) is 18.8 Å². The normalized spacial score (nSPS) is 17.5. The van der Waals surface area contributed by atoms with Gasteiger partial charge in [0.25, 0.3) is 5.91 Å². The first kappa shape index (κ1) is 33.7. The van der Waals surface area contributed by atoms with Crippen molar-refractivity contribution >= 4 is 29.1 Å². The van der Waals surface area contributed by atoms with Gasteiger partial charge in [0, 0.05) is 30.2 Å². The number of amides is 3. The van der Waals surface area contributed by atoms with E-state index >= 15 is 0 Å². The zero-order chi connectivity index (χ0) is 35.8. The van der Waals surface area contributed by atoms with Gasteiger partial charge < -0.3 is 14.4 Å². The Bertz CT molecular complexity index is 2210. The smallest absolute Gasteiger partial charge is 0.255 e. The number of thiophene rings is 1. The van der Waals surface area contributed by atoms with Gasteiger partial charge in [-0.15, -0.1) is 21.5 Å². The molecule has 1 N–H and O–H groups in total. The van der Waals surface area contributed by atoms with E-state index in [1.165, 1.54) is 5.56 Å². The number of aryl methyl sites for hydroxylation is 1. The molecule has 264 valence electrons. The predicted octanol–water partition coefficient (Wildman–Crippen LogP) is 4.65. The van der Waals surface area contributed by atoms with Crippen LogP contribution < -0.4 is 5.32 Å². The van der Waals surface area contributed by atoms with E-state index in [-0.39, 0.29) is 42.7 Å². The van der Waals surface area contributed by atoms with Crippen LogP contribution in [0.1, 0.15) is 86.9 Å². The van der Waals surface area contributed by atoms with E-state index in [1.807, 2.05) is 61.1 Å². The molecule has 0 aliphatic carbocycles. The molecule has 0 spiro atoms. The first-order valence-corrected chi connectivity index (χ1v) is 18.2. The summed E-state index contributed by atoms with van der Waals surface area (Å²) in [7, 11) is 0. The van der Waals surface area contributed by atoms with Gasteiger partial charge in [-0.2, -0.15) is 5.10 Å². The molecule has 0 saturated carbocycles. The largest absolute Gasteiger partial charge is 0.376 e. The maximum absolute atomic E-state index is 13.5. The van der Waals surface area contributed by atoms with E-state index in [0.717, 1.165) is 50.2 Å². The van der Waals surface area contributed by atoms with E-state index in [4.69, 9.17) is 9.47 Å². The third-order valence-corrected chi connectivity index (χ3v) is 10.9. The van der Waals surface area contributed by atoms with Gasteiger partial charge in [-0.3, -0.25) is 28.9 Å². The van der Waals surface area contributed by atoms with Crippen molar-refractivity contribution in [3.8, 4) is 16.8 Å². The molecule has 3 amide bonds. The average molecular weight is 716 g/mol. The lowest BCUT2D eigenvalue weighted by molar-refractivity contribution is -0.135. The van der Waals surface area contributed by atoms with Gasteiger partial charge in [0.2, 0.25) is 11.8 Å². The van der Waals surface area contributed by atoms with Crippen LogP contribution in [-0.4, -0.2) is 65.9 Å². The van der Waals surface area contributed by atoms with Crippen molar-refractivity contribution in [3.05, 3.63) is 117 Å². The summed E-state index contributed by atoms with van der Waals surface area (Å²) in [6.45, 7) is 5.75. The fourth-order valence-electron chi connectivity index (χ4n) is 7.35. The first-order chi connectivity index (χ1) is 25.3. The Balaban J connectivity index is 0.949. The summed E-state index contributed by atoms with van der Waals surface area (Å²) in [6, 6.07) is 17.1. The Morgan fingerprint density at radius 2 is 1.81 bits per heavy atom. The number of carbonyl (C=O) groups is 3. The Morgan fingerprint density at radius 1 is 1.02 bits per heavy atom. The lowest BCUT2D eigenvalue weighted by Gasteiger charge is -2.36. The van der Waals surface area contributed by atoms with Crippen LogP contribution in [0.15, 0.2) is 67.0 Å². The third kappa shape index (κ3) is 6.68. The summed E-state index contributed by atoms with van der Waals surface area (Å²) in [5.41, 5.74) is 5.77. The minimum absolute atomic E-state index is 0.0992. The molecule has 1 fully saturated rings. The number of hydrogen-bond donors (Lipinski definition) is 1. The van der Waals surface area contributed by atoms with Crippen molar-refractivity contribution < 1.29 is 23.9 Å². The Hall–Kier alpha value is -5.42. The van der Waals surface area contributed by atoms with Gasteiger partial charge in [-0.05, 0) is 49.4 Å². The number of fused-ring (bicyclic) bond motifs is 4. The molecule has 2 unspecified atom stereocenters. The lowest BCUT2D eigenvalue weighted by Crippen LogP contribution is -2.50. The number of carbonyl (C=O) groups excluding carboxylic acids is 3. The summed E-state index contributed by atoms with van der Waals surface area (Å²) in [5, 5.41) is 16.6. The molecule has 13 heteroatoms. The van der Waals surface area contributed by atoms with Crippen molar-refractivity contribution in [2.45, 2.75) is 77.5 Å². The van der Waals surface area contributed by atoms with Crippen LogP contribution in [0.4, 0.5) is 0 Å². The molecular weight excluding hydrogens is 679 g/mol. The molecule has 0 radical (unpaired) electrons. The number of hydrogen-bond acceptors (Lipinski definition) is 9. The van der Waals surface area contributed by atoms with E-state index in [1.54, 1.807) is 28.5 Å². The number of aromatic nitrogens is 5. The van der Waals surface area contributed by atoms with Crippen LogP contribution in [0.25, 0.3) is 5.00 Å². The minimum Gasteiger partial charge on any atom is -0.376 e. The van der Waals surface area contributed by atoms with Gasteiger partial charge in [-0.25, -0.2) is 0 Å². The van der Waals surface area contributed by atoms with Crippen molar-refractivity contribution in [1.82, 2.24) is 34.8 Å². The zero-order valence-electron chi connectivity index (χ0n) is 28.9. The van der Waals surface area contributed by atoms with Crippen LogP contribution in [-0.2, 0) is 45.2 Å². The number of nitrogens with zero attached hydrogens (tertiary/aromatic N) is 6. The highest BCUT2D eigenvalue weighted by Gasteiger charge is 2.43. The fourth-order valence-corrected chi connectivity index (χ4v) is 8.60. The average Bonchev–Trinajstić information content (AvgIpc) is 3.86. The Labute approximate surface area is 304 Å². The SMILES string of the molecule is Cc1nnc2n1-c1sc(C#Cc3cnn(CCOC(C)CC4c5ccccc5C(=O)N4C4CC(=O)NC(=O)C4)c3)c(Cc3ccccc3)c1COC2. The van der Waals surface area contributed by atoms with E-state index in [9.17, 15) is 14.4 Å². The second kappa shape index (κ2) is 14.3. The minimum atomic E-state index is -0.488. The summed E-state index contributed by atoms with van der Waals surface area (Å²) in [6.07, 6.45) is 4.94. The molecule has 8 rings (SSSR count). The van der Waals surface area contributed by atoms with Crippen LogP contribution in [0.2, 0.25) is 0 Å². The maximum atomic E-state index is 13.5. The van der Waals surface area contributed by atoms with Crippen molar-refractivity contribution in [2.24, 2.45) is 0 Å². The Morgan fingerprint density at radius 3 is 2.63 bits per heavy atom. The van der Waals surface area contributed by atoms with Gasteiger partial charge >= 0.3 is 0 Å². The number of nitrogens with one attached hydrogen (secondary N) is 1. The zero-order valence-corrected chi connectivity index (χ0v) is 29.7. The van der Waals surface area contributed by atoms with Gasteiger partial charge in [0.15, 0.2) is 5.82 Å². The molecule has 6 heterocycles. The predicted molar refractivity (Wildman–Crippen MR) is 191 cm³/mol. The molecule has 2 atom stereocenters. The first-order valence-electron chi connectivity index (χ1n) is 17.4. The Kier molecular flexibility index (Phi) is 9.27. The second-order valence-electron chi connectivity index (χ2n) is 13.4. The van der Waals surface area contributed by atoms with Crippen LogP contribution >= 0.6 is 11.3 Å².